The lowest BCUT2D eigenvalue weighted by Crippen LogP contribution is -2.27. The molecule has 0 aliphatic heterocycles. The number of pyridine rings is 2. The minimum Gasteiger partial charge on any atom is -0.480 e. The van der Waals surface area contributed by atoms with Crippen LogP contribution in [0.15, 0.2) is 59.5 Å². The molecule has 0 saturated heterocycles. The summed E-state index contributed by atoms with van der Waals surface area (Å²) in [5.41, 5.74) is -0.682. The Morgan fingerprint density at radius 2 is 2.09 bits per heavy atom. The van der Waals surface area contributed by atoms with Gasteiger partial charge in [0.05, 0.1) is 12.6 Å². The Hall–Kier alpha value is -3.53. The molecule has 176 valence electrons. The van der Waals surface area contributed by atoms with Gasteiger partial charge in [0.2, 0.25) is 0 Å². The summed E-state index contributed by atoms with van der Waals surface area (Å²) in [7, 11) is 0. The van der Waals surface area contributed by atoms with E-state index in [0.717, 1.165) is 0 Å². The molecule has 0 bridgehead atoms. The topological polar surface area (TPSA) is 91.2 Å². The van der Waals surface area contributed by atoms with Crippen LogP contribution in [0, 0.1) is 5.82 Å². The average molecular weight is 532 g/mol. The standard InChI is InChI=1S/C24H23BrFN5O3/c1-14(21-18(8-9-20(25)29-21)31-11-5-10-27-31)33-19-13-15-12-16(26)6-7-17(15)28-22(19)30-23(32)34-24(2,3)4/h5-14H,1-4H3,(H,28,30,32)/i1D3,14D. The zero-order chi connectivity index (χ0) is 27.9. The summed E-state index contributed by atoms with van der Waals surface area (Å²) in [6.45, 7) is 1.89. The van der Waals surface area contributed by atoms with Gasteiger partial charge >= 0.3 is 6.09 Å². The third kappa shape index (κ3) is 5.51. The first kappa shape index (κ1) is 18.8. The van der Waals surface area contributed by atoms with E-state index in [1.165, 1.54) is 41.2 Å². The van der Waals surface area contributed by atoms with Crippen LogP contribution in [-0.4, -0.2) is 31.4 Å². The van der Waals surface area contributed by atoms with Gasteiger partial charge in [-0.15, -0.1) is 0 Å². The number of anilines is 1. The number of amides is 1. The van der Waals surface area contributed by atoms with E-state index in [0.29, 0.717) is 0 Å². The third-order valence-electron chi connectivity index (χ3n) is 4.38. The maximum absolute atomic E-state index is 14.0. The number of benzene rings is 1. The fraction of sp³-hybridized carbons (Fsp3) is 0.250. The molecule has 1 unspecified atom stereocenters. The number of aromatic nitrogens is 4. The van der Waals surface area contributed by atoms with E-state index in [-0.39, 0.29) is 38.5 Å². The van der Waals surface area contributed by atoms with Crippen molar-refractivity contribution in [2.75, 3.05) is 5.32 Å². The quantitative estimate of drug-likeness (QED) is 0.308. The van der Waals surface area contributed by atoms with Crippen LogP contribution in [0.2, 0.25) is 0 Å². The lowest BCUT2D eigenvalue weighted by atomic mass is 10.2. The lowest BCUT2D eigenvalue weighted by Gasteiger charge is -2.22. The van der Waals surface area contributed by atoms with Crippen LogP contribution in [0.4, 0.5) is 15.0 Å². The molecule has 1 aromatic carbocycles. The highest BCUT2D eigenvalue weighted by molar-refractivity contribution is 9.10. The summed E-state index contributed by atoms with van der Waals surface area (Å²) in [6, 6.07) is 9.75. The largest absolute Gasteiger partial charge is 0.480 e. The molecule has 1 amide bonds. The molecule has 1 atom stereocenters. The van der Waals surface area contributed by atoms with E-state index in [1.807, 2.05) is 0 Å². The summed E-state index contributed by atoms with van der Waals surface area (Å²) in [5.74, 6) is -1.11. The van der Waals surface area contributed by atoms with Crippen LogP contribution < -0.4 is 10.1 Å². The molecule has 3 aromatic heterocycles. The number of fused-ring (bicyclic) bond motifs is 1. The Labute approximate surface area is 209 Å². The van der Waals surface area contributed by atoms with Crippen molar-refractivity contribution in [3.8, 4) is 11.4 Å². The van der Waals surface area contributed by atoms with Crippen LogP contribution in [0.1, 0.15) is 44.9 Å². The van der Waals surface area contributed by atoms with Gasteiger partial charge in [0, 0.05) is 21.9 Å². The second-order valence-electron chi connectivity index (χ2n) is 8.18. The number of carbonyl (C=O) groups excluding carboxylic acids is 1. The summed E-state index contributed by atoms with van der Waals surface area (Å²) >= 11 is 3.23. The van der Waals surface area contributed by atoms with E-state index in [2.05, 4.69) is 36.3 Å². The Morgan fingerprint density at radius 1 is 1.26 bits per heavy atom. The average Bonchev–Trinajstić information content (AvgIpc) is 3.32. The van der Waals surface area contributed by atoms with Crippen molar-refractivity contribution in [1.29, 1.82) is 0 Å². The first-order valence-electron chi connectivity index (χ1n) is 12.1. The van der Waals surface area contributed by atoms with Gasteiger partial charge < -0.3 is 9.47 Å². The fourth-order valence-electron chi connectivity index (χ4n) is 3.05. The number of rotatable bonds is 5. The number of carbonyl (C=O) groups is 1. The van der Waals surface area contributed by atoms with Crippen molar-refractivity contribution < 1.29 is 24.1 Å². The molecular weight excluding hydrogens is 505 g/mol. The van der Waals surface area contributed by atoms with Gasteiger partial charge in [-0.1, -0.05) is 0 Å². The van der Waals surface area contributed by atoms with Gasteiger partial charge in [-0.3, -0.25) is 5.32 Å². The first-order valence-corrected chi connectivity index (χ1v) is 10.9. The second-order valence-corrected chi connectivity index (χ2v) is 9.00. The molecule has 4 rings (SSSR count). The highest BCUT2D eigenvalue weighted by Gasteiger charge is 2.22. The van der Waals surface area contributed by atoms with Gasteiger partial charge in [-0.05, 0) is 86.0 Å². The van der Waals surface area contributed by atoms with Crippen LogP contribution in [0.3, 0.4) is 0 Å². The number of hydrogen-bond donors (Lipinski definition) is 1. The smallest absolute Gasteiger partial charge is 0.413 e. The highest BCUT2D eigenvalue weighted by Crippen LogP contribution is 2.33. The van der Waals surface area contributed by atoms with Gasteiger partial charge in [-0.2, -0.15) is 5.10 Å². The molecule has 0 aliphatic carbocycles. The van der Waals surface area contributed by atoms with E-state index >= 15 is 0 Å². The van der Waals surface area contributed by atoms with Crippen molar-refractivity contribution in [1.82, 2.24) is 19.7 Å². The minimum absolute atomic E-state index is 0.172. The van der Waals surface area contributed by atoms with Crippen molar-refractivity contribution >= 4 is 38.7 Å². The van der Waals surface area contributed by atoms with Crippen molar-refractivity contribution in [2.24, 2.45) is 0 Å². The predicted octanol–water partition coefficient (Wildman–Crippen LogP) is 6.20. The Bertz CT molecular complexity index is 1500. The summed E-state index contributed by atoms with van der Waals surface area (Å²) in [5, 5.41) is 6.83. The fourth-order valence-corrected chi connectivity index (χ4v) is 3.35. The number of halogens is 2. The number of ether oxygens (including phenoxy) is 2. The van der Waals surface area contributed by atoms with Crippen LogP contribution in [0.25, 0.3) is 16.6 Å². The van der Waals surface area contributed by atoms with E-state index in [4.69, 9.17) is 15.0 Å². The molecule has 0 radical (unpaired) electrons. The predicted molar refractivity (Wildman–Crippen MR) is 130 cm³/mol. The van der Waals surface area contributed by atoms with E-state index < -0.39 is 30.4 Å². The Kier molecular flexibility index (Phi) is 5.20. The van der Waals surface area contributed by atoms with E-state index in [9.17, 15) is 9.18 Å². The summed E-state index contributed by atoms with van der Waals surface area (Å²) in [4.78, 5) is 21.2. The van der Waals surface area contributed by atoms with Crippen molar-refractivity contribution in [3.05, 3.63) is 71.0 Å². The van der Waals surface area contributed by atoms with Crippen molar-refractivity contribution in [3.63, 3.8) is 0 Å². The normalized spacial score (nSPS) is 15.4. The number of hydrogen-bond acceptors (Lipinski definition) is 6. The second kappa shape index (κ2) is 9.38. The minimum atomic E-state index is -3.11. The van der Waals surface area contributed by atoms with Crippen LogP contribution in [-0.2, 0) is 4.74 Å². The summed E-state index contributed by atoms with van der Waals surface area (Å²) < 4.78 is 60.6. The molecule has 3 heterocycles. The zero-order valence-electron chi connectivity index (χ0n) is 22.5. The molecule has 8 nitrogen and oxygen atoms in total. The third-order valence-corrected chi connectivity index (χ3v) is 4.82. The Morgan fingerprint density at radius 3 is 2.79 bits per heavy atom. The maximum Gasteiger partial charge on any atom is 0.413 e. The SMILES string of the molecule is [2H]C([2H])([2H])C([2H])(Oc1cc2cc(F)ccc2nc1NC(=O)OC(C)(C)C)c1nc(Br)ccc1-n1cccn1. The Balaban J connectivity index is 1.90. The maximum atomic E-state index is 14.0. The molecule has 0 aliphatic rings. The molecule has 10 heteroatoms. The van der Waals surface area contributed by atoms with Gasteiger partial charge in [0.25, 0.3) is 0 Å². The molecule has 0 spiro atoms. The van der Waals surface area contributed by atoms with Gasteiger partial charge in [0.1, 0.15) is 27.8 Å². The zero-order valence-corrected chi connectivity index (χ0v) is 20.1. The number of nitrogens with one attached hydrogen (secondary N) is 1. The van der Waals surface area contributed by atoms with Gasteiger partial charge in [0.15, 0.2) is 11.6 Å². The van der Waals surface area contributed by atoms with Gasteiger partial charge in [-0.25, -0.2) is 23.8 Å². The first-order chi connectivity index (χ1) is 17.7. The summed E-state index contributed by atoms with van der Waals surface area (Å²) in [6.07, 6.45) is -0.674. The molecular formula is C24H23BrFN5O3. The van der Waals surface area contributed by atoms with Crippen molar-refractivity contribution in [2.45, 2.75) is 39.3 Å². The molecule has 34 heavy (non-hydrogen) atoms. The molecule has 1 N–H and O–H groups in total. The lowest BCUT2D eigenvalue weighted by molar-refractivity contribution is 0.0634. The molecule has 0 fully saturated rings. The monoisotopic (exact) mass is 531 g/mol. The molecule has 0 saturated carbocycles. The molecule has 4 aromatic rings. The van der Waals surface area contributed by atoms with Crippen LogP contribution in [0.5, 0.6) is 5.75 Å². The highest BCUT2D eigenvalue weighted by atomic mass is 79.9. The van der Waals surface area contributed by atoms with Crippen LogP contribution >= 0.6 is 15.9 Å². The number of nitrogens with zero attached hydrogens (tertiary/aromatic N) is 4. The van der Waals surface area contributed by atoms with E-state index in [1.54, 1.807) is 39.1 Å².